The minimum absolute atomic E-state index is 0.0186. The summed E-state index contributed by atoms with van der Waals surface area (Å²) < 4.78 is 0. The summed E-state index contributed by atoms with van der Waals surface area (Å²) in [6, 6.07) is -0.108. The second kappa shape index (κ2) is 5.68. The number of carboxylic acid groups (broad SMARTS) is 1. The smallest absolute Gasteiger partial charge is 0.320 e. The van der Waals surface area contributed by atoms with E-state index in [1.165, 1.54) is 6.92 Å². The van der Waals surface area contributed by atoms with E-state index in [4.69, 9.17) is 5.11 Å². The SMILES string of the molecule is CC(=O)N1CCN(C(=O)N2C[C@@H](C)[C@H](C(=O)O)C2)CC1. The van der Waals surface area contributed by atoms with E-state index in [0.717, 1.165) is 0 Å². The van der Waals surface area contributed by atoms with Crippen molar-refractivity contribution in [3.8, 4) is 0 Å². The van der Waals surface area contributed by atoms with Crippen LogP contribution in [0.25, 0.3) is 0 Å². The lowest BCUT2D eigenvalue weighted by molar-refractivity contribution is -0.142. The second-order valence-electron chi connectivity index (χ2n) is 5.60. The van der Waals surface area contributed by atoms with Crippen molar-refractivity contribution < 1.29 is 19.5 Å². The third kappa shape index (κ3) is 2.86. The van der Waals surface area contributed by atoms with Gasteiger partial charge in [-0.1, -0.05) is 6.92 Å². The second-order valence-corrected chi connectivity index (χ2v) is 5.60. The molecule has 0 bridgehead atoms. The maximum absolute atomic E-state index is 12.3. The molecule has 20 heavy (non-hydrogen) atoms. The van der Waals surface area contributed by atoms with E-state index in [-0.39, 0.29) is 24.4 Å². The summed E-state index contributed by atoms with van der Waals surface area (Å²) in [6.07, 6.45) is 0. The average molecular weight is 283 g/mol. The lowest BCUT2D eigenvalue weighted by Crippen LogP contribution is -2.53. The molecule has 7 heteroatoms. The quantitative estimate of drug-likeness (QED) is 0.730. The van der Waals surface area contributed by atoms with Gasteiger partial charge in [0, 0.05) is 46.2 Å². The summed E-state index contributed by atoms with van der Waals surface area (Å²) in [4.78, 5) is 39.7. The van der Waals surface area contributed by atoms with Crippen LogP contribution in [0.2, 0.25) is 0 Å². The Hall–Kier alpha value is -1.79. The van der Waals surface area contributed by atoms with E-state index >= 15 is 0 Å². The van der Waals surface area contributed by atoms with Gasteiger partial charge in [-0.3, -0.25) is 9.59 Å². The normalized spacial score (nSPS) is 26.8. The molecule has 2 saturated heterocycles. The lowest BCUT2D eigenvalue weighted by Gasteiger charge is -2.36. The molecule has 0 aromatic rings. The van der Waals surface area contributed by atoms with Gasteiger partial charge in [0.1, 0.15) is 0 Å². The molecule has 7 nitrogen and oxygen atoms in total. The van der Waals surface area contributed by atoms with Crippen molar-refractivity contribution in [2.75, 3.05) is 39.3 Å². The molecule has 0 aliphatic carbocycles. The van der Waals surface area contributed by atoms with Crippen LogP contribution in [0, 0.1) is 11.8 Å². The van der Waals surface area contributed by atoms with Gasteiger partial charge in [0.15, 0.2) is 0 Å². The highest BCUT2D eigenvalue weighted by atomic mass is 16.4. The monoisotopic (exact) mass is 283 g/mol. The van der Waals surface area contributed by atoms with Crippen molar-refractivity contribution in [2.45, 2.75) is 13.8 Å². The van der Waals surface area contributed by atoms with Crippen LogP contribution in [0.5, 0.6) is 0 Å². The van der Waals surface area contributed by atoms with E-state index in [9.17, 15) is 14.4 Å². The molecule has 112 valence electrons. The number of urea groups is 1. The van der Waals surface area contributed by atoms with Crippen LogP contribution in [0.15, 0.2) is 0 Å². The van der Waals surface area contributed by atoms with Crippen molar-refractivity contribution in [3.05, 3.63) is 0 Å². The summed E-state index contributed by atoms with van der Waals surface area (Å²) >= 11 is 0. The summed E-state index contributed by atoms with van der Waals surface area (Å²) in [6.45, 7) is 6.28. The van der Waals surface area contributed by atoms with E-state index in [1.54, 1.807) is 14.7 Å². The number of aliphatic carboxylic acids is 1. The molecule has 0 unspecified atom stereocenters. The molecular formula is C13H21N3O4. The van der Waals surface area contributed by atoms with Gasteiger partial charge in [-0.25, -0.2) is 4.79 Å². The highest BCUT2D eigenvalue weighted by Crippen LogP contribution is 2.24. The maximum Gasteiger partial charge on any atom is 0.320 e. The van der Waals surface area contributed by atoms with Crippen LogP contribution < -0.4 is 0 Å². The first-order valence-corrected chi connectivity index (χ1v) is 6.92. The molecule has 2 rings (SSSR count). The van der Waals surface area contributed by atoms with Gasteiger partial charge in [-0.15, -0.1) is 0 Å². The zero-order valence-corrected chi connectivity index (χ0v) is 11.9. The molecule has 0 aromatic carbocycles. The topological polar surface area (TPSA) is 81.2 Å². The molecule has 2 aliphatic heterocycles. The predicted molar refractivity (Wildman–Crippen MR) is 71.1 cm³/mol. The van der Waals surface area contributed by atoms with E-state index in [1.807, 2.05) is 6.92 Å². The Kier molecular flexibility index (Phi) is 4.15. The fourth-order valence-electron chi connectivity index (χ4n) is 2.86. The third-order valence-electron chi connectivity index (χ3n) is 4.20. The predicted octanol–water partition coefficient (Wildman–Crippen LogP) is -0.0770. The summed E-state index contributed by atoms with van der Waals surface area (Å²) in [7, 11) is 0. The minimum Gasteiger partial charge on any atom is -0.481 e. The number of carbonyl (C=O) groups is 3. The molecule has 2 fully saturated rings. The molecule has 0 saturated carbocycles. The zero-order chi connectivity index (χ0) is 14.9. The number of hydrogen-bond donors (Lipinski definition) is 1. The van der Waals surface area contributed by atoms with Crippen molar-refractivity contribution >= 4 is 17.9 Å². The van der Waals surface area contributed by atoms with Gasteiger partial charge >= 0.3 is 12.0 Å². The van der Waals surface area contributed by atoms with Crippen molar-refractivity contribution in [3.63, 3.8) is 0 Å². The molecule has 2 aliphatic rings. The van der Waals surface area contributed by atoms with E-state index < -0.39 is 11.9 Å². The Bertz CT molecular complexity index is 418. The first kappa shape index (κ1) is 14.6. The number of likely N-dealkylation sites (tertiary alicyclic amines) is 1. The maximum atomic E-state index is 12.3. The number of piperazine rings is 1. The van der Waals surface area contributed by atoms with Crippen LogP contribution in [-0.4, -0.2) is 77.0 Å². The van der Waals surface area contributed by atoms with Crippen LogP contribution in [0.4, 0.5) is 4.79 Å². The molecule has 0 radical (unpaired) electrons. The van der Waals surface area contributed by atoms with Crippen molar-refractivity contribution in [2.24, 2.45) is 11.8 Å². The van der Waals surface area contributed by atoms with Crippen LogP contribution in [0.1, 0.15) is 13.8 Å². The van der Waals surface area contributed by atoms with E-state index in [2.05, 4.69) is 0 Å². The summed E-state index contributed by atoms with van der Waals surface area (Å²) in [5, 5.41) is 9.09. The van der Waals surface area contributed by atoms with Gasteiger partial charge in [0.25, 0.3) is 0 Å². The first-order valence-electron chi connectivity index (χ1n) is 6.92. The van der Waals surface area contributed by atoms with Gasteiger partial charge in [-0.05, 0) is 5.92 Å². The molecule has 0 spiro atoms. The number of hydrogen-bond acceptors (Lipinski definition) is 3. The van der Waals surface area contributed by atoms with Crippen molar-refractivity contribution in [1.29, 1.82) is 0 Å². The zero-order valence-electron chi connectivity index (χ0n) is 11.9. The third-order valence-corrected chi connectivity index (χ3v) is 4.20. The number of nitrogens with zero attached hydrogens (tertiary/aromatic N) is 3. The van der Waals surface area contributed by atoms with Gasteiger partial charge in [0.05, 0.1) is 5.92 Å². The Morgan fingerprint density at radius 2 is 1.50 bits per heavy atom. The first-order chi connectivity index (χ1) is 9.40. The Labute approximate surface area is 118 Å². The summed E-state index contributed by atoms with van der Waals surface area (Å²) in [5.41, 5.74) is 0. The Morgan fingerprint density at radius 1 is 0.950 bits per heavy atom. The molecule has 2 heterocycles. The molecule has 3 amide bonds. The van der Waals surface area contributed by atoms with Crippen LogP contribution in [-0.2, 0) is 9.59 Å². The Balaban J connectivity index is 1.90. The highest BCUT2D eigenvalue weighted by molar-refractivity contribution is 5.78. The standard InChI is InChI=1S/C13H21N3O4/c1-9-7-16(8-11(9)12(18)19)13(20)15-5-3-14(4-6-15)10(2)17/h9,11H,3-8H2,1-2H3,(H,18,19)/t9-,11-/m1/s1. The molecule has 1 N–H and O–H groups in total. The van der Waals surface area contributed by atoms with Crippen LogP contribution >= 0.6 is 0 Å². The highest BCUT2D eigenvalue weighted by Gasteiger charge is 2.38. The van der Waals surface area contributed by atoms with Gasteiger partial charge < -0.3 is 19.8 Å². The number of rotatable bonds is 1. The fourth-order valence-corrected chi connectivity index (χ4v) is 2.86. The lowest BCUT2D eigenvalue weighted by atomic mass is 9.99. The summed E-state index contributed by atoms with van der Waals surface area (Å²) in [5.74, 6) is -1.31. The number of amides is 3. The van der Waals surface area contributed by atoms with Crippen LogP contribution in [0.3, 0.4) is 0 Å². The Morgan fingerprint density at radius 3 is 1.95 bits per heavy atom. The minimum atomic E-state index is -0.839. The average Bonchev–Trinajstić information content (AvgIpc) is 2.80. The fraction of sp³-hybridized carbons (Fsp3) is 0.769. The number of carbonyl (C=O) groups excluding carboxylic acids is 2. The molecule has 2 atom stereocenters. The van der Waals surface area contributed by atoms with Gasteiger partial charge in [0.2, 0.25) is 5.91 Å². The molecule has 0 aromatic heterocycles. The van der Waals surface area contributed by atoms with Gasteiger partial charge in [-0.2, -0.15) is 0 Å². The van der Waals surface area contributed by atoms with E-state index in [0.29, 0.717) is 32.7 Å². The largest absolute Gasteiger partial charge is 0.481 e. The van der Waals surface area contributed by atoms with Crippen molar-refractivity contribution in [1.82, 2.24) is 14.7 Å². The molecular weight excluding hydrogens is 262 g/mol. The number of carboxylic acids is 1.